The van der Waals surface area contributed by atoms with E-state index in [1.165, 1.54) is 4.88 Å². The SMILES string of the molecule is Br.NC(=O)C(NCCc1cccs1)c1ccccc1Cl. The van der Waals surface area contributed by atoms with Gasteiger partial charge in [-0.25, -0.2) is 0 Å². The highest BCUT2D eigenvalue weighted by Gasteiger charge is 2.19. The highest BCUT2D eigenvalue weighted by atomic mass is 79.9. The molecule has 20 heavy (non-hydrogen) atoms. The second-order valence-corrected chi connectivity index (χ2v) is 5.58. The highest BCUT2D eigenvalue weighted by molar-refractivity contribution is 8.93. The first kappa shape index (κ1) is 17.2. The number of nitrogens with one attached hydrogen (secondary N) is 1. The third-order valence-corrected chi connectivity index (χ3v) is 4.08. The van der Waals surface area contributed by atoms with Crippen LogP contribution in [-0.2, 0) is 11.2 Å². The summed E-state index contributed by atoms with van der Waals surface area (Å²) >= 11 is 7.80. The van der Waals surface area contributed by atoms with Crippen LogP contribution in [0.4, 0.5) is 0 Å². The van der Waals surface area contributed by atoms with Gasteiger partial charge in [-0.05, 0) is 29.5 Å². The normalized spacial score (nSPS) is 11.7. The van der Waals surface area contributed by atoms with E-state index in [9.17, 15) is 4.79 Å². The van der Waals surface area contributed by atoms with E-state index in [0.29, 0.717) is 11.6 Å². The average molecular weight is 376 g/mol. The topological polar surface area (TPSA) is 55.1 Å². The van der Waals surface area contributed by atoms with Crippen molar-refractivity contribution in [3.05, 3.63) is 57.2 Å². The summed E-state index contributed by atoms with van der Waals surface area (Å²) in [7, 11) is 0. The summed E-state index contributed by atoms with van der Waals surface area (Å²) in [4.78, 5) is 12.8. The molecule has 1 amide bonds. The van der Waals surface area contributed by atoms with Crippen molar-refractivity contribution in [1.29, 1.82) is 0 Å². The fourth-order valence-electron chi connectivity index (χ4n) is 1.87. The van der Waals surface area contributed by atoms with Gasteiger partial charge in [0.25, 0.3) is 0 Å². The second-order valence-electron chi connectivity index (χ2n) is 4.14. The molecule has 1 unspecified atom stereocenters. The minimum absolute atomic E-state index is 0. The molecule has 108 valence electrons. The maximum atomic E-state index is 11.5. The maximum Gasteiger partial charge on any atom is 0.239 e. The molecular weight excluding hydrogens is 360 g/mol. The molecule has 1 atom stereocenters. The highest BCUT2D eigenvalue weighted by Crippen LogP contribution is 2.22. The lowest BCUT2D eigenvalue weighted by molar-refractivity contribution is -0.120. The summed E-state index contributed by atoms with van der Waals surface area (Å²) in [6.45, 7) is 0.680. The average Bonchev–Trinajstić information content (AvgIpc) is 2.89. The largest absolute Gasteiger partial charge is 0.368 e. The van der Waals surface area contributed by atoms with Crippen LogP contribution in [0, 0.1) is 0 Å². The standard InChI is InChI=1S/C14H15ClN2OS.BrH/c15-12-6-2-1-5-11(12)13(14(16)18)17-8-7-10-4-3-9-19-10;/h1-6,9,13,17H,7-8H2,(H2,16,18);1H. The van der Waals surface area contributed by atoms with Gasteiger partial charge in [-0.2, -0.15) is 0 Å². The molecule has 0 bridgehead atoms. The molecule has 3 nitrogen and oxygen atoms in total. The number of nitrogens with two attached hydrogens (primary N) is 1. The van der Waals surface area contributed by atoms with Crippen LogP contribution in [0.25, 0.3) is 0 Å². The van der Waals surface area contributed by atoms with Gasteiger partial charge in [-0.1, -0.05) is 35.9 Å². The van der Waals surface area contributed by atoms with Gasteiger partial charge >= 0.3 is 0 Å². The van der Waals surface area contributed by atoms with Crippen LogP contribution in [0.15, 0.2) is 41.8 Å². The van der Waals surface area contributed by atoms with Crippen molar-refractivity contribution in [2.24, 2.45) is 5.73 Å². The molecule has 1 heterocycles. The van der Waals surface area contributed by atoms with E-state index in [0.717, 1.165) is 12.0 Å². The molecule has 0 saturated heterocycles. The number of amides is 1. The zero-order valence-electron chi connectivity index (χ0n) is 10.7. The van der Waals surface area contributed by atoms with Crippen LogP contribution < -0.4 is 11.1 Å². The van der Waals surface area contributed by atoms with Gasteiger partial charge in [0, 0.05) is 16.4 Å². The molecule has 1 aromatic carbocycles. The first-order chi connectivity index (χ1) is 9.18. The van der Waals surface area contributed by atoms with Crippen molar-refractivity contribution in [2.75, 3.05) is 6.54 Å². The summed E-state index contributed by atoms with van der Waals surface area (Å²) < 4.78 is 0. The predicted molar refractivity (Wildman–Crippen MR) is 89.7 cm³/mol. The molecule has 1 aromatic heterocycles. The van der Waals surface area contributed by atoms with Gasteiger partial charge in [-0.15, -0.1) is 28.3 Å². The number of thiophene rings is 1. The van der Waals surface area contributed by atoms with Crippen LogP contribution in [0.3, 0.4) is 0 Å². The summed E-state index contributed by atoms with van der Waals surface area (Å²) in [6, 6.07) is 10.8. The molecule has 0 spiro atoms. The lowest BCUT2D eigenvalue weighted by Crippen LogP contribution is -2.34. The number of hydrogen-bond acceptors (Lipinski definition) is 3. The molecular formula is C14H16BrClN2OS. The summed E-state index contributed by atoms with van der Waals surface area (Å²) in [5, 5.41) is 5.75. The third-order valence-electron chi connectivity index (χ3n) is 2.80. The third kappa shape index (κ3) is 4.59. The number of rotatable bonds is 6. The Kier molecular flexibility index (Phi) is 7.23. The van der Waals surface area contributed by atoms with Crippen LogP contribution in [-0.4, -0.2) is 12.5 Å². The molecule has 3 N–H and O–H groups in total. The van der Waals surface area contributed by atoms with Crippen LogP contribution in [0.1, 0.15) is 16.5 Å². The molecule has 2 aromatic rings. The Balaban J connectivity index is 0.00000200. The Bertz CT molecular complexity index is 548. The van der Waals surface area contributed by atoms with Crippen LogP contribution >= 0.6 is 39.9 Å². The van der Waals surface area contributed by atoms with Gasteiger partial charge < -0.3 is 11.1 Å². The molecule has 0 saturated carbocycles. The van der Waals surface area contributed by atoms with Crippen molar-refractivity contribution in [3.8, 4) is 0 Å². The number of hydrogen-bond donors (Lipinski definition) is 2. The van der Waals surface area contributed by atoms with E-state index in [2.05, 4.69) is 11.4 Å². The fourth-order valence-corrected chi connectivity index (χ4v) is 2.82. The van der Waals surface area contributed by atoms with Gasteiger partial charge in [-0.3, -0.25) is 4.79 Å². The zero-order valence-corrected chi connectivity index (χ0v) is 14.0. The van der Waals surface area contributed by atoms with Gasteiger partial charge in [0.05, 0.1) is 0 Å². The van der Waals surface area contributed by atoms with Crippen molar-refractivity contribution in [3.63, 3.8) is 0 Å². The number of carbonyl (C=O) groups excluding carboxylic acids is 1. The number of benzene rings is 1. The summed E-state index contributed by atoms with van der Waals surface area (Å²) in [5.41, 5.74) is 6.16. The first-order valence-corrected chi connectivity index (χ1v) is 7.24. The summed E-state index contributed by atoms with van der Waals surface area (Å²) in [5.74, 6) is -0.417. The van der Waals surface area contributed by atoms with E-state index in [1.807, 2.05) is 29.6 Å². The quantitative estimate of drug-likeness (QED) is 0.813. The molecule has 0 radical (unpaired) electrons. The van der Waals surface area contributed by atoms with Gasteiger partial charge in [0.1, 0.15) is 6.04 Å². The lowest BCUT2D eigenvalue weighted by Gasteiger charge is -2.16. The van der Waals surface area contributed by atoms with Crippen molar-refractivity contribution in [2.45, 2.75) is 12.5 Å². The fraction of sp³-hybridized carbons (Fsp3) is 0.214. The van der Waals surface area contributed by atoms with Crippen molar-refractivity contribution >= 4 is 45.8 Å². The number of halogens is 2. The maximum absolute atomic E-state index is 11.5. The van der Waals surface area contributed by atoms with Crippen molar-refractivity contribution in [1.82, 2.24) is 5.32 Å². The van der Waals surface area contributed by atoms with Crippen LogP contribution in [0.5, 0.6) is 0 Å². The van der Waals surface area contributed by atoms with E-state index in [1.54, 1.807) is 17.4 Å². The Morgan fingerprint density at radius 3 is 2.65 bits per heavy atom. The molecule has 0 aliphatic rings. The first-order valence-electron chi connectivity index (χ1n) is 5.98. The minimum atomic E-state index is -0.548. The lowest BCUT2D eigenvalue weighted by atomic mass is 10.1. The predicted octanol–water partition coefficient (Wildman–Crippen LogP) is 3.34. The van der Waals surface area contributed by atoms with E-state index in [-0.39, 0.29) is 17.0 Å². The van der Waals surface area contributed by atoms with E-state index >= 15 is 0 Å². The Morgan fingerprint density at radius 2 is 2.05 bits per heavy atom. The number of primary amides is 1. The monoisotopic (exact) mass is 374 g/mol. The molecule has 0 aliphatic carbocycles. The van der Waals surface area contributed by atoms with Crippen LogP contribution in [0.2, 0.25) is 5.02 Å². The molecule has 6 heteroatoms. The second kappa shape index (κ2) is 8.42. The zero-order chi connectivity index (χ0) is 13.7. The smallest absolute Gasteiger partial charge is 0.239 e. The Morgan fingerprint density at radius 1 is 1.30 bits per heavy atom. The molecule has 2 rings (SSSR count). The van der Waals surface area contributed by atoms with E-state index < -0.39 is 11.9 Å². The summed E-state index contributed by atoms with van der Waals surface area (Å²) in [6.07, 6.45) is 0.867. The van der Waals surface area contributed by atoms with Gasteiger partial charge in [0.2, 0.25) is 5.91 Å². The van der Waals surface area contributed by atoms with E-state index in [4.69, 9.17) is 17.3 Å². The Labute approximate surface area is 137 Å². The number of carbonyl (C=O) groups is 1. The molecule has 0 aliphatic heterocycles. The van der Waals surface area contributed by atoms with Crippen molar-refractivity contribution < 1.29 is 4.79 Å². The Hall–Kier alpha value is -0.880. The van der Waals surface area contributed by atoms with Gasteiger partial charge in [0.15, 0.2) is 0 Å². The minimum Gasteiger partial charge on any atom is -0.368 e. The molecule has 0 fully saturated rings.